The maximum absolute atomic E-state index is 13.1. The quantitative estimate of drug-likeness (QED) is 0.770. The molecule has 2 N–H and O–H groups in total. The molecule has 0 saturated carbocycles. The molecule has 0 bridgehead atoms. The van der Waals surface area contributed by atoms with E-state index in [4.69, 9.17) is 5.11 Å². The molecular formula is C15H18FNO2S. The summed E-state index contributed by atoms with van der Waals surface area (Å²) in [6.45, 7) is 0.859. The Bertz CT molecular complexity index is 582. The first-order valence-electron chi connectivity index (χ1n) is 6.79. The maximum Gasteiger partial charge on any atom is 0.261 e. The van der Waals surface area contributed by atoms with E-state index in [0.29, 0.717) is 11.4 Å². The number of carbonyl (C=O) groups is 1. The molecule has 0 atom stereocenters. The summed E-state index contributed by atoms with van der Waals surface area (Å²) in [5.74, 6) is -0.385. The van der Waals surface area contributed by atoms with Crippen molar-refractivity contribution >= 4 is 27.3 Å². The molecule has 0 aliphatic carbocycles. The molecule has 0 unspecified atom stereocenters. The number of amides is 1. The maximum atomic E-state index is 13.1. The number of aliphatic hydroxyl groups is 1. The molecule has 0 fully saturated rings. The van der Waals surface area contributed by atoms with Crippen LogP contribution in [0.3, 0.4) is 0 Å². The lowest BCUT2D eigenvalue weighted by Gasteiger charge is -2.02. The Morgan fingerprint density at radius 1 is 1.20 bits per heavy atom. The second-order valence-electron chi connectivity index (χ2n) is 4.69. The summed E-state index contributed by atoms with van der Waals surface area (Å²) < 4.78 is 13.9. The molecule has 0 saturated heterocycles. The first kappa shape index (κ1) is 14.9. The van der Waals surface area contributed by atoms with Gasteiger partial charge in [-0.1, -0.05) is 18.9 Å². The van der Waals surface area contributed by atoms with Crippen LogP contribution >= 0.6 is 11.3 Å². The van der Waals surface area contributed by atoms with Crippen molar-refractivity contribution in [2.75, 3.05) is 13.2 Å². The van der Waals surface area contributed by atoms with Crippen LogP contribution in [-0.4, -0.2) is 24.2 Å². The van der Waals surface area contributed by atoms with Crippen LogP contribution in [0.15, 0.2) is 24.3 Å². The van der Waals surface area contributed by atoms with Gasteiger partial charge in [0.1, 0.15) is 5.82 Å². The van der Waals surface area contributed by atoms with Crippen molar-refractivity contribution in [2.24, 2.45) is 0 Å². The molecule has 1 aromatic heterocycles. The largest absolute Gasteiger partial charge is 0.396 e. The highest BCUT2D eigenvalue weighted by Gasteiger charge is 2.10. The second-order valence-corrected chi connectivity index (χ2v) is 5.77. The van der Waals surface area contributed by atoms with Crippen LogP contribution in [-0.2, 0) is 0 Å². The molecule has 1 aromatic carbocycles. The van der Waals surface area contributed by atoms with Crippen molar-refractivity contribution in [1.29, 1.82) is 0 Å². The van der Waals surface area contributed by atoms with Gasteiger partial charge in [-0.25, -0.2) is 4.39 Å². The van der Waals surface area contributed by atoms with Crippen molar-refractivity contribution in [3.8, 4) is 0 Å². The molecule has 2 aromatic rings. The van der Waals surface area contributed by atoms with Gasteiger partial charge < -0.3 is 10.4 Å². The van der Waals surface area contributed by atoms with Crippen molar-refractivity contribution < 1.29 is 14.3 Å². The van der Waals surface area contributed by atoms with Crippen LogP contribution in [0.5, 0.6) is 0 Å². The molecule has 0 spiro atoms. The summed E-state index contributed by atoms with van der Waals surface area (Å²) in [5.41, 5.74) is 0. The standard InChI is InChI=1S/C15H18FNO2S/c16-12-6-5-11-9-14(20-13(11)10-12)15(19)17-7-3-1-2-4-8-18/h5-6,9-10,18H,1-4,7-8H2,(H,17,19). The Kier molecular flexibility index (Phi) is 5.49. The predicted molar refractivity (Wildman–Crippen MR) is 79.7 cm³/mol. The van der Waals surface area contributed by atoms with Gasteiger partial charge in [-0.2, -0.15) is 0 Å². The van der Waals surface area contributed by atoms with E-state index in [2.05, 4.69) is 5.32 Å². The number of thiophene rings is 1. The van der Waals surface area contributed by atoms with Gasteiger partial charge in [-0.3, -0.25) is 4.79 Å². The number of halogens is 1. The molecule has 0 aliphatic rings. The second kappa shape index (κ2) is 7.36. The lowest BCUT2D eigenvalue weighted by Crippen LogP contribution is -2.23. The number of carbonyl (C=O) groups excluding carboxylic acids is 1. The zero-order valence-corrected chi connectivity index (χ0v) is 12.0. The Morgan fingerprint density at radius 2 is 2.00 bits per heavy atom. The van der Waals surface area contributed by atoms with Crippen LogP contribution in [0.4, 0.5) is 4.39 Å². The summed E-state index contributed by atoms with van der Waals surface area (Å²) >= 11 is 1.31. The zero-order valence-electron chi connectivity index (χ0n) is 11.2. The Labute approximate surface area is 121 Å². The van der Waals surface area contributed by atoms with Crippen LogP contribution in [0.25, 0.3) is 10.1 Å². The molecule has 20 heavy (non-hydrogen) atoms. The molecule has 2 rings (SSSR count). The van der Waals surface area contributed by atoms with E-state index in [9.17, 15) is 9.18 Å². The summed E-state index contributed by atoms with van der Waals surface area (Å²) in [7, 11) is 0. The Hall–Kier alpha value is -1.46. The highest BCUT2D eigenvalue weighted by Crippen LogP contribution is 2.26. The smallest absolute Gasteiger partial charge is 0.261 e. The van der Waals surface area contributed by atoms with Crippen LogP contribution < -0.4 is 5.32 Å². The number of unbranched alkanes of at least 4 members (excludes halogenated alkanes) is 3. The van der Waals surface area contributed by atoms with Gasteiger partial charge in [0.2, 0.25) is 0 Å². The highest BCUT2D eigenvalue weighted by atomic mass is 32.1. The minimum absolute atomic E-state index is 0.103. The van der Waals surface area contributed by atoms with Gasteiger partial charge in [0.15, 0.2) is 0 Å². The van der Waals surface area contributed by atoms with Crippen LogP contribution in [0, 0.1) is 5.82 Å². The van der Waals surface area contributed by atoms with Gasteiger partial charge >= 0.3 is 0 Å². The van der Waals surface area contributed by atoms with Gasteiger partial charge in [0.25, 0.3) is 5.91 Å². The number of benzene rings is 1. The van der Waals surface area contributed by atoms with E-state index in [0.717, 1.165) is 35.8 Å². The topological polar surface area (TPSA) is 49.3 Å². The van der Waals surface area contributed by atoms with Crippen LogP contribution in [0.2, 0.25) is 0 Å². The average molecular weight is 295 g/mol. The Balaban J connectivity index is 1.85. The summed E-state index contributed by atoms with van der Waals surface area (Å²) in [4.78, 5) is 12.6. The molecule has 5 heteroatoms. The van der Waals surface area contributed by atoms with E-state index >= 15 is 0 Å². The first-order valence-corrected chi connectivity index (χ1v) is 7.60. The first-order chi connectivity index (χ1) is 9.70. The van der Waals surface area contributed by atoms with Crippen LogP contribution in [0.1, 0.15) is 35.4 Å². The fourth-order valence-corrected chi connectivity index (χ4v) is 3.00. The minimum Gasteiger partial charge on any atom is -0.396 e. The number of aliphatic hydroxyl groups excluding tert-OH is 1. The number of hydrogen-bond acceptors (Lipinski definition) is 3. The summed E-state index contributed by atoms with van der Waals surface area (Å²) in [6, 6.07) is 6.33. The normalized spacial score (nSPS) is 10.9. The molecule has 3 nitrogen and oxygen atoms in total. The fourth-order valence-electron chi connectivity index (χ4n) is 2.00. The third kappa shape index (κ3) is 4.02. The molecule has 1 heterocycles. The summed E-state index contributed by atoms with van der Waals surface area (Å²) in [6.07, 6.45) is 3.70. The fraction of sp³-hybridized carbons (Fsp3) is 0.400. The third-order valence-corrected chi connectivity index (χ3v) is 4.17. The van der Waals surface area contributed by atoms with Gasteiger partial charge in [-0.15, -0.1) is 11.3 Å². The van der Waals surface area contributed by atoms with E-state index in [1.54, 1.807) is 12.1 Å². The molecule has 0 aliphatic heterocycles. The number of rotatable bonds is 7. The average Bonchev–Trinajstić information content (AvgIpc) is 2.85. The van der Waals surface area contributed by atoms with Gasteiger partial charge in [0, 0.05) is 17.9 Å². The minimum atomic E-state index is -0.282. The third-order valence-electron chi connectivity index (χ3n) is 3.08. The predicted octanol–water partition coefficient (Wildman–Crippen LogP) is 3.32. The number of fused-ring (bicyclic) bond motifs is 1. The van der Waals surface area contributed by atoms with E-state index in [1.807, 2.05) is 0 Å². The van der Waals surface area contributed by atoms with Crippen molar-refractivity contribution in [1.82, 2.24) is 5.32 Å². The Morgan fingerprint density at radius 3 is 2.80 bits per heavy atom. The lowest BCUT2D eigenvalue weighted by atomic mass is 10.2. The highest BCUT2D eigenvalue weighted by molar-refractivity contribution is 7.20. The number of hydrogen-bond donors (Lipinski definition) is 2. The molecule has 108 valence electrons. The van der Waals surface area contributed by atoms with Gasteiger partial charge in [0.05, 0.1) is 4.88 Å². The van der Waals surface area contributed by atoms with Crippen molar-refractivity contribution in [2.45, 2.75) is 25.7 Å². The molecular weight excluding hydrogens is 277 g/mol. The zero-order chi connectivity index (χ0) is 14.4. The van der Waals surface area contributed by atoms with Crippen molar-refractivity contribution in [3.05, 3.63) is 35.0 Å². The van der Waals surface area contributed by atoms with Crippen molar-refractivity contribution in [3.63, 3.8) is 0 Å². The number of nitrogens with one attached hydrogen (secondary N) is 1. The van der Waals surface area contributed by atoms with E-state index in [1.165, 1.54) is 23.5 Å². The van der Waals surface area contributed by atoms with Gasteiger partial charge in [-0.05, 0) is 36.4 Å². The molecule has 1 amide bonds. The molecule has 0 radical (unpaired) electrons. The SMILES string of the molecule is O=C(NCCCCCCO)c1cc2ccc(F)cc2s1. The monoisotopic (exact) mass is 295 g/mol. The summed E-state index contributed by atoms with van der Waals surface area (Å²) in [5, 5.41) is 12.4. The van der Waals surface area contributed by atoms with E-state index in [-0.39, 0.29) is 18.3 Å². The van der Waals surface area contributed by atoms with E-state index < -0.39 is 0 Å². The lowest BCUT2D eigenvalue weighted by molar-refractivity contribution is 0.0957.